The van der Waals surface area contributed by atoms with Gasteiger partial charge in [0.15, 0.2) is 0 Å². The Morgan fingerprint density at radius 2 is 2.38 bits per heavy atom. The predicted molar refractivity (Wildman–Crippen MR) is 58.0 cm³/mol. The molecule has 2 heterocycles. The van der Waals surface area contributed by atoms with E-state index in [0.717, 1.165) is 18.5 Å². The molecule has 0 saturated carbocycles. The van der Waals surface area contributed by atoms with Gasteiger partial charge in [0.05, 0.1) is 0 Å². The molecule has 2 atom stereocenters. The topological polar surface area (TPSA) is 3.24 Å². The van der Waals surface area contributed by atoms with E-state index in [0.29, 0.717) is 0 Å². The predicted octanol–water partition coefficient (Wildman–Crippen LogP) is 2.98. The Kier molecular flexibility index (Phi) is 2.70. The van der Waals surface area contributed by atoms with Crippen LogP contribution in [0.1, 0.15) is 25.1 Å². The first-order chi connectivity index (χ1) is 6.27. The van der Waals surface area contributed by atoms with Crippen molar-refractivity contribution in [2.24, 2.45) is 5.92 Å². The van der Waals surface area contributed by atoms with E-state index in [9.17, 15) is 0 Å². The minimum absolute atomic E-state index is 0.766. The Hall–Kier alpha value is -0.340. The Morgan fingerprint density at radius 3 is 2.92 bits per heavy atom. The summed E-state index contributed by atoms with van der Waals surface area (Å²) in [5, 5.41) is 2.17. The zero-order valence-electron chi connectivity index (χ0n) is 8.36. The highest BCUT2D eigenvalue weighted by molar-refractivity contribution is 7.09. The molecule has 2 unspecified atom stereocenters. The van der Waals surface area contributed by atoms with Crippen LogP contribution in [0.2, 0.25) is 0 Å². The lowest BCUT2D eigenvalue weighted by atomic mass is 10.1. The first kappa shape index (κ1) is 9.22. The van der Waals surface area contributed by atoms with Gasteiger partial charge in [-0.1, -0.05) is 13.0 Å². The van der Waals surface area contributed by atoms with Crippen molar-refractivity contribution in [1.29, 1.82) is 0 Å². The third kappa shape index (κ3) is 1.94. The highest BCUT2D eigenvalue weighted by Gasteiger charge is 2.26. The van der Waals surface area contributed by atoms with Crippen LogP contribution in [0, 0.1) is 5.92 Å². The van der Waals surface area contributed by atoms with E-state index in [1.54, 1.807) is 0 Å². The van der Waals surface area contributed by atoms with Crippen LogP contribution in [0.5, 0.6) is 0 Å². The van der Waals surface area contributed by atoms with Gasteiger partial charge in [0.25, 0.3) is 0 Å². The Balaban J connectivity index is 1.96. The summed E-state index contributed by atoms with van der Waals surface area (Å²) >= 11 is 1.87. The average Bonchev–Trinajstić information content (AvgIpc) is 2.71. The lowest BCUT2D eigenvalue weighted by molar-refractivity contribution is 0.241. The second-order valence-electron chi connectivity index (χ2n) is 4.06. The molecular weight excluding hydrogens is 178 g/mol. The van der Waals surface area contributed by atoms with Crippen molar-refractivity contribution in [3.8, 4) is 0 Å². The molecule has 0 amide bonds. The first-order valence-corrected chi connectivity index (χ1v) is 5.92. The minimum atomic E-state index is 0.766. The molecule has 1 fully saturated rings. The highest BCUT2D eigenvalue weighted by atomic mass is 32.1. The number of hydrogen-bond acceptors (Lipinski definition) is 2. The third-order valence-corrected chi connectivity index (χ3v) is 4.07. The van der Waals surface area contributed by atoms with E-state index in [2.05, 4.69) is 36.3 Å². The second kappa shape index (κ2) is 3.81. The molecule has 1 nitrogen and oxygen atoms in total. The monoisotopic (exact) mass is 195 g/mol. The van der Waals surface area contributed by atoms with Crippen molar-refractivity contribution >= 4 is 11.3 Å². The molecule has 2 rings (SSSR count). The van der Waals surface area contributed by atoms with Gasteiger partial charge in [-0.2, -0.15) is 0 Å². The fourth-order valence-corrected chi connectivity index (χ4v) is 2.73. The van der Waals surface area contributed by atoms with Crippen molar-refractivity contribution in [2.45, 2.75) is 32.9 Å². The van der Waals surface area contributed by atoms with Crippen LogP contribution in [0.15, 0.2) is 17.5 Å². The maximum Gasteiger partial charge on any atom is 0.0330 e. The van der Waals surface area contributed by atoms with E-state index in [1.165, 1.54) is 17.8 Å². The molecular formula is C11H17NS. The van der Waals surface area contributed by atoms with E-state index in [-0.39, 0.29) is 0 Å². The number of thiophene rings is 1. The fraction of sp³-hybridized carbons (Fsp3) is 0.636. The van der Waals surface area contributed by atoms with E-state index in [4.69, 9.17) is 0 Å². The molecule has 72 valence electrons. The van der Waals surface area contributed by atoms with Gasteiger partial charge < -0.3 is 0 Å². The van der Waals surface area contributed by atoms with Gasteiger partial charge in [0.2, 0.25) is 0 Å². The Morgan fingerprint density at radius 1 is 1.54 bits per heavy atom. The Bertz CT molecular complexity index is 255. The summed E-state index contributed by atoms with van der Waals surface area (Å²) in [6.07, 6.45) is 1.37. The number of nitrogens with zero attached hydrogens (tertiary/aromatic N) is 1. The van der Waals surface area contributed by atoms with Gasteiger partial charge in [0, 0.05) is 17.5 Å². The molecule has 0 N–H and O–H groups in total. The molecule has 0 aromatic carbocycles. The van der Waals surface area contributed by atoms with Crippen LogP contribution >= 0.6 is 11.3 Å². The molecule has 2 heteroatoms. The molecule has 0 radical (unpaired) electrons. The van der Waals surface area contributed by atoms with E-state index >= 15 is 0 Å². The van der Waals surface area contributed by atoms with Crippen LogP contribution in [0.25, 0.3) is 0 Å². The normalized spacial score (nSPS) is 29.7. The Labute approximate surface area is 84.4 Å². The van der Waals surface area contributed by atoms with Gasteiger partial charge in [-0.3, -0.25) is 4.90 Å². The summed E-state index contributed by atoms with van der Waals surface area (Å²) in [5.74, 6) is 0.875. The van der Waals surface area contributed by atoms with Gasteiger partial charge in [-0.15, -0.1) is 11.3 Å². The van der Waals surface area contributed by atoms with Gasteiger partial charge >= 0.3 is 0 Å². The summed E-state index contributed by atoms with van der Waals surface area (Å²) in [6.45, 7) is 7.15. The average molecular weight is 195 g/mol. The van der Waals surface area contributed by atoms with Gasteiger partial charge in [-0.25, -0.2) is 0 Å². The molecule has 13 heavy (non-hydrogen) atoms. The fourth-order valence-electron chi connectivity index (χ4n) is 2.00. The van der Waals surface area contributed by atoms with Crippen LogP contribution in [0.4, 0.5) is 0 Å². The SMILES string of the molecule is CC1CCN(Cc2cccs2)C1C. The summed E-state index contributed by atoms with van der Waals surface area (Å²) in [6, 6.07) is 5.15. The van der Waals surface area contributed by atoms with Gasteiger partial charge in [-0.05, 0) is 37.3 Å². The standard InChI is InChI=1S/C11H17NS/c1-9-5-6-12(10(9)2)8-11-4-3-7-13-11/h3-4,7,9-10H,5-6,8H2,1-2H3. The zero-order chi connectivity index (χ0) is 9.26. The van der Waals surface area contributed by atoms with Crippen molar-refractivity contribution < 1.29 is 0 Å². The third-order valence-electron chi connectivity index (χ3n) is 3.21. The largest absolute Gasteiger partial charge is 0.295 e. The molecule has 1 aromatic heterocycles. The van der Waals surface area contributed by atoms with Crippen molar-refractivity contribution in [2.75, 3.05) is 6.54 Å². The minimum Gasteiger partial charge on any atom is -0.295 e. The lowest BCUT2D eigenvalue weighted by Crippen LogP contribution is -2.28. The van der Waals surface area contributed by atoms with Crippen molar-refractivity contribution in [1.82, 2.24) is 4.90 Å². The molecule has 1 aromatic rings. The molecule has 0 aliphatic carbocycles. The van der Waals surface area contributed by atoms with Crippen LogP contribution in [-0.4, -0.2) is 17.5 Å². The molecule has 1 saturated heterocycles. The van der Waals surface area contributed by atoms with Crippen LogP contribution in [0.3, 0.4) is 0 Å². The second-order valence-corrected chi connectivity index (χ2v) is 5.09. The summed E-state index contributed by atoms with van der Waals surface area (Å²) in [5.41, 5.74) is 0. The summed E-state index contributed by atoms with van der Waals surface area (Å²) in [7, 11) is 0. The number of hydrogen-bond donors (Lipinski definition) is 0. The van der Waals surface area contributed by atoms with Crippen LogP contribution in [-0.2, 0) is 6.54 Å². The zero-order valence-corrected chi connectivity index (χ0v) is 9.18. The molecule has 1 aliphatic heterocycles. The van der Waals surface area contributed by atoms with E-state index < -0.39 is 0 Å². The molecule has 0 spiro atoms. The quantitative estimate of drug-likeness (QED) is 0.701. The highest BCUT2D eigenvalue weighted by Crippen LogP contribution is 2.25. The number of likely N-dealkylation sites (tertiary alicyclic amines) is 1. The molecule has 0 bridgehead atoms. The summed E-state index contributed by atoms with van der Waals surface area (Å²) < 4.78 is 0. The van der Waals surface area contributed by atoms with Crippen LogP contribution < -0.4 is 0 Å². The maximum atomic E-state index is 2.59. The van der Waals surface area contributed by atoms with E-state index in [1.807, 2.05) is 11.3 Å². The molecule has 1 aliphatic rings. The van der Waals surface area contributed by atoms with Crippen molar-refractivity contribution in [3.05, 3.63) is 22.4 Å². The number of rotatable bonds is 2. The summed E-state index contributed by atoms with van der Waals surface area (Å²) in [4.78, 5) is 4.09. The van der Waals surface area contributed by atoms with Crippen molar-refractivity contribution in [3.63, 3.8) is 0 Å². The van der Waals surface area contributed by atoms with Gasteiger partial charge in [0.1, 0.15) is 0 Å². The first-order valence-electron chi connectivity index (χ1n) is 5.04. The lowest BCUT2D eigenvalue weighted by Gasteiger charge is -2.22. The maximum absolute atomic E-state index is 2.59. The smallest absolute Gasteiger partial charge is 0.0330 e.